The highest BCUT2D eigenvalue weighted by molar-refractivity contribution is 7.18. The topological polar surface area (TPSA) is 37.3 Å². The van der Waals surface area contributed by atoms with E-state index in [0.29, 0.717) is 15.9 Å². The van der Waals surface area contributed by atoms with Gasteiger partial charge in [0.1, 0.15) is 0 Å². The number of hydrogen-bond donors (Lipinski definition) is 1. The molecule has 0 aliphatic rings. The summed E-state index contributed by atoms with van der Waals surface area (Å²) in [6.07, 6.45) is 1.50. The first kappa shape index (κ1) is 13.6. The third-order valence-corrected chi connectivity index (χ3v) is 3.90. The van der Waals surface area contributed by atoms with Crippen LogP contribution in [0.1, 0.15) is 11.8 Å². The van der Waals surface area contributed by atoms with Gasteiger partial charge in [0.25, 0.3) is 0 Å². The second kappa shape index (κ2) is 5.89. The monoisotopic (exact) mass is 319 g/mol. The Bertz CT molecular complexity index is 595. The Morgan fingerprint density at radius 1 is 1.33 bits per heavy atom. The van der Waals surface area contributed by atoms with Crippen LogP contribution in [-0.2, 0) is 0 Å². The summed E-state index contributed by atoms with van der Waals surface area (Å²) in [7, 11) is 0. The molecule has 0 aromatic carbocycles. The summed E-state index contributed by atoms with van der Waals surface area (Å²) in [4.78, 5) is 5.03. The van der Waals surface area contributed by atoms with Gasteiger partial charge in [-0.15, -0.1) is 11.3 Å². The summed E-state index contributed by atoms with van der Waals surface area (Å²) in [6, 6.07) is 5.34. The van der Waals surface area contributed by atoms with Crippen LogP contribution in [0.3, 0.4) is 0 Å². The molecule has 18 heavy (non-hydrogen) atoms. The largest absolute Gasteiger partial charge is 0.260 e. The quantitative estimate of drug-likeness (QED) is 0.642. The van der Waals surface area contributed by atoms with Gasteiger partial charge in [0, 0.05) is 6.20 Å². The van der Waals surface area contributed by atoms with Gasteiger partial charge in [0.05, 0.1) is 25.0 Å². The molecule has 0 fully saturated rings. The normalized spacial score (nSPS) is 11.7. The number of hydrazone groups is 1. The number of rotatable bonds is 3. The molecule has 0 atom stereocenters. The van der Waals surface area contributed by atoms with Gasteiger partial charge in [-0.1, -0.05) is 34.8 Å². The number of nitrogens with zero attached hydrogens (tertiary/aromatic N) is 2. The van der Waals surface area contributed by atoms with Gasteiger partial charge in [-0.25, -0.2) is 4.98 Å². The molecule has 0 saturated heterocycles. The number of pyridine rings is 1. The lowest BCUT2D eigenvalue weighted by Gasteiger charge is -2.03. The van der Waals surface area contributed by atoms with Crippen molar-refractivity contribution < 1.29 is 0 Å². The molecule has 0 unspecified atom stereocenters. The zero-order valence-electron chi connectivity index (χ0n) is 9.25. The Morgan fingerprint density at radius 2 is 2.11 bits per heavy atom. The predicted octanol–water partition coefficient (Wildman–Crippen LogP) is 4.94. The van der Waals surface area contributed by atoms with E-state index in [1.807, 2.05) is 19.1 Å². The van der Waals surface area contributed by atoms with Crippen molar-refractivity contribution in [2.45, 2.75) is 6.92 Å². The number of hydrogen-bond acceptors (Lipinski definition) is 4. The molecule has 3 nitrogen and oxygen atoms in total. The molecule has 0 saturated carbocycles. The Hall–Kier alpha value is -0.810. The second-order valence-electron chi connectivity index (χ2n) is 3.40. The van der Waals surface area contributed by atoms with Crippen molar-refractivity contribution >= 4 is 57.7 Å². The van der Waals surface area contributed by atoms with Crippen LogP contribution in [0.2, 0.25) is 14.4 Å². The highest BCUT2D eigenvalue weighted by Crippen LogP contribution is 2.24. The lowest BCUT2D eigenvalue weighted by molar-refractivity contribution is 1.22. The van der Waals surface area contributed by atoms with E-state index < -0.39 is 0 Å². The van der Waals surface area contributed by atoms with Crippen LogP contribution in [0, 0.1) is 0 Å². The first-order chi connectivity index (χ1) is 8.56. The summed E-state index contributed by atoms with van der Waals surface area (Å²) in [5, 5.41) is 5.10. The van der Waals surface area contributed by atoms with Crippen molar-refractivity contribution in [2.24, 2.45) is 5.10 Å². The fraction of sp³-hybridized carbons (Fsp3) is 0.0909. The van der Waals surface area contributed by atoms with Crippen molar-refractivity contribution in [2.75, 3.05) is 5.43 Å². The van der Waals surface area contributed by atoms with Crippen molar-refractivity contribution in [3.63, 3.8) is 0 Å². The lowest BCUT2D eigenvalue weighted by Crippen LogP contribution is -1.99. The van der Waals surface area contributed by atoms with Crippen molar-refractivity contribution in [3.8, 4) is 0 Å². The minimum absolute atomic E-state index is 0.420. The molecular formula is C11H8Cl3N3S. The zero-order valence-corrected chi connectivity index (χ0v) is 12.3. The van der Waals surface area contributed by atoms with E-state index in [1.165, 1.54) is 17.5 Å². The van der Waals surface area contributed by atoms with Crippen LogP contribution in [0.25, 0.3) is 0 Å². The van der Waals surface area contributed by atoms with Crippen molar-refractivity contribution in [1.29, 1.82) is 0 Å². The third-order valence-electron chi connectivity index (χ3n) is 2.07. The van der Waals surface area contributed by atoms with Gasteiger partial charge in [-0.05, 0) is 25.1 Å². The maximum Gasteiger partial charge on any atom is 0.165 e. The fourth-order valence-corrected chi connectivity index (χ4v) is 2.61. The van der Waals surface area contributed by atoms with Crippen LogP contribution in [0.4, 0.5) is 5.82 Å². The second-order valence-corrected chi connectivity index (χ2v) is 5.96. The van der Waals surface area contributed by atoms with Gasteiger partial charge in [0.2, 0.25) is 0 Å². The molecule has 2 aromatic rings. The summed E-state index contributed by atoms with van der Waals surface area (Å²) in [6.45, 7) is 1.87. The van der Waals surface area contributed by atoms with E-state index in [1.54, 1.807) is 6.07 Å². The van der Waals surface area contributed by atoms with Crippen LogP contribution in [-0.4, -0.2) is 10.7 Å². The minimum atomic E-state index is 0.420. The standard InChI is InChI=1S/C11H8Cl3N3S/c1-6(9-2-3-10(14)18-9)16-17-11-8(13)4-7(12)5-15-11/h2-5H,1H3,(H,15,17). The average molecular weight is 321 g/mol. The first-order valence-electron chi connectivity index (χ1n) is 4.93. The number of aromatic nitrogens is 1. The number of halogens is 3. The summed E-state index contributed by atoms with van der Waals surface area (Å²) < 4.78 is 0.724. The van der Waals surface area contributed by atoms with Crippen LogP contribution in [0.15, 0.2) is 29.5 Å². The Morgan fingerprint density at radius 3 is 2.72 bits per heavy atom. The van der Waals surface area contributed by atoms with Crippen molar-refractivity contribution in [1.82, 2.24) is 4.98 Å². The molecule has 94 valence electrons. The van der Waals surface area contributed by atoms with Gasteiger partial charge in [-0.3, -0.25) is 5.43 Å². The molecule has 0 bridgehead atoms. The highest BCUT2D eigenvalue weighted by atomic mass is 35.5. The highest BCUT2D eigenvalue weighted by Gasteiger charge is 2.04. The predicted molar refractivity (Wildman–Crippen MR) is 79.4 cm³/mol. The molecule has 0 radical (unpaired) electrons. The molecule has 2 heterocycles. The molecule has 0 aliphatic heterocycles. The molecule has 0 amide bonds. The van der Waals surface area contributed by atoms with E-state index in [-0.39, 0.29) is 0 Å². The minimum Gasteiger partial charge on any atom is -0.260 e. The third kappa shape index (κ3) is 3.36. The summed E-state index contributed by atoms with van der Waals surface area (Å²) >= 11 is 19.0. The molecule has 1 N–H and O–H groups in total. The Balaban J connectivity index is 2.15. The Kier molecular flexibility index (Phi) is 4.45. The lowest BCUT2D eigenvalue weighted by atomic mass is 10.3. The maximum absolute atomic E-state index is 5.97. The van der Waals surface area contributed by atoms with Crippen molar-refractivity contribution in [3.05, 3.63) is 43.7 Å². The Labute approximate surface area is 123 Å². The van der Waals surface area contributed by atoms with Gasteiger partial charge >= 0.3 is 0 Å². The zero-order chi connectivity index (χ0) is 13.1. The van der Waals surface area contributed by atoms with E-state index >= 15 is 0 Å². The number of anilines is 1. The molecule has 7 heteroatoms. The average Bonchev–Trinajstić information content (AvgIpc) is 2.74. The molecule has 2 rings (SSSR count). The first-order valence-corrected chi connectivity index (χ1v) is 6.88. The fourth-order valence-electron chi connectivity index (χ4n) is 1.20. The molecule has 0 aliphatic carbocycles. The molecule has 2 aromatic heterocycles. The smallest absolute Gasteiger partial charge is 0.165 e. The van der Waals surface area contributed by atoms with Gasteiger partial charge in [0.15, 0.2) is 5.82 Å². The molecule has 0 spiro atoms. The van der Waals surface area contributed by atoms with E-state index in [0.717, 1.165) is 14.9 Å². The number of thiophene rings is 1. The van der Waals surface area contributed by atoms with Gasteiger partial charge in [-0.2, -0.15) is 5.10 Å². The van der Waals surface area contributed by atoms with Crippen LogP contribution in [0.5, 0.6) is 0 Å². The number of nitrogens with one attached hydrogen (secondary N) is 1. The summed E-state index contributed by atoms with van der Waals surface area (Å²) in [5.74, 6) is 0.461. The summed E-state index contributed by atoms with van der Waals surface area (Å²) in [5.41, 5.74) is 3.60. The van der Waals surface area contributed by atoms with E-state index in [9.17, 15) is 0 Å². The van der Waals surface area contributed by atoms with Gasteiger partial charge < -0.3 is 0 Å². The maximum atomic E-state index is 5.97. The van der Waals surface area contributed by atoms with Crippen LogP contribution < -0.4 is 5.43 Å². The van der Waals surface area contributed by atoms with E-state index in [4.69, 9.17) is 34.8 Å². The SMILES string of the molecule is CC(=NNc1ncc(Cl)cc1Cl)c1ccc(Cl)s1. The van der Waals surface area contributed by atoms with Crippen LogP contribution >= 0.6 is 46.1 Å². The molecular weight excluding hydrogens is 313 g/mol. The van der Waals surface area contributed by atoms with E-state index in [2.05, 4.69) is 15.5 Å².